The van der Waals surface area contributed by atoms with Gasteiger partial charge in [0.2, 0.25) is 11.7 Å². The van der Waals surface area contributed by atoms with E-state index in [9.17, 15) is 19.5 Å². The second kappa shape index (κ2) is 7.84. The summed E-state index contributed by atoms with van der Waals surface area (Å²) in [5.74, 6) is -1.84. The van der Waals surface area contributed by atoms with Crippen molar-refractivity contribution in [1.82, 2.24) is 15.1 Å². The van der Waals surface area contributed by atoms with Gasteiger partial charge in [-0.05, 0) is 5.57 Å². The number of nitrogens with one attached hydrogen (secondary N) is 1. The number of hydrogen-bond donors (Lipinski definition) is 3. The zero-order valence-corrected chi connectivity index (χ0v) is 17.0. The molecule has 0 aromatic carbocycles. The lowest BCUT2D eigenvalue weighted by Gasteiger charge is -2.49. The molecule has 0 bridgehead atoms. The number of aliphatic carboxylic acids is 1. The van der Waals surface area contributed by atoms with E-state index in [1.54, 1.807) is 0 Å². The first kappa shape index (κ1) is 19.6. The molecule has 0 aromatic heterocycles. The molecule has 0 aliphatic carbocycles. The number of carbonyl (C=O) groups is 3. The van der Waals surface area contributed by atoms with Gasteiger partial charge < -0.3 is 25.7 Å². The second-order valence-electron chi connectivity index (χ2n) is 5.62. The maximum Gasteiger partial charge on any atom is 0.352 e. The molecule has 0 aromatic rings. The Labute approximate surface area is 171 Å². The number of carboxylic acids is 1. The van der Waals surface area contributed by atoms with E-state index in [1.807, 2.05) is 0 Å². The Balaban J connectivity index is 1.75. The lowest BCUT2D eigenvalue weighted by Crippen LogP contribution is -2.71. The van der Waals surface area contributed by atoms with Crippen molar-refractivity contribution in [3.63, 3.8) is 0 Å². The highest BCUT2D eigenvalue weighted by molar-refractivity contribution is 14.1. The van der Waals surface area contributed by atoms with Crippen LogP contribution in [0.4, 0.5) is 0 Å². The summed E-state index contributed by atoms with van der Waals surface area (Å²) in [6.07, 6.45) is 1.37. The number of alkyl halides is 1. The lowest BCUT2D eigenvalue weighted by atomic mass is 10.0. The number of fused-ring (bicyclic) bond motifs is 1. The van der Waals surface area contributed by atoms with Crippen molar-refractivity contribution in [1.29, 1.82) is 0 Å². The lowest BCUT2D eigenvalue weighted by molar-refractivity contribution is -0.150. The minimum absolute atomic E-state index is 0.00178. The fourth-order valence-electron chi connectivity index (χ4n) is 2.80. The number of nitrogens with zero attached hydrogens (tertiary/aromatic N) is 3. The minimum atomic E-state index is -1.15. The number of nitrogens with two attached hydrogens (primary N) is 1. The van der Waals surface area contributed by atoms with Crippen LogP contribution in [0.2, 0.25) is 0 Å². The Morgan fingerprint density at radius 1 is 1.59 bits per heavy atom. The number of amides is 2. The smallest absolute Gasteiger partial charge is 0.352 e. The number of oxime groups is 1. The van der Waals surface area contributed by atoms with Gasteiger partial charge in [0.15, 0.2) is 6.73 Å². The van der Waals surface area contributed by atoms with Crippen molar-refractivity contribution in [2.24, 2.45) is 10.9 Å². The zero-order chi connectivity index (χ0) is 19.7. The number of ether oxygens (including phenoxy) is 1. The fourth-order valence-corrected chi connectivity index (χ4v) is 5.14. The van der Waals surface area contributed by atoms with Gasteiger partial charge in [-0.15, -0.1) is 11.8 Å². The summed E-state index contributed by atoms with van der Waals surface area (Å²) >= 11 is 3.47. The van der Waals surface area contributed by atoms with Crippen LogP contribution in [0.5, 0.6) is 0 Å². The van der Waals surface area contributed by atoms with Gasteiger partial charge in [-0.25, -0.2) is 4.79 Å². The molecule has 2 amide bonds. The molecule has 11 nitrogen and oxygen atoms in total. The van der Waals surface area contributed by atoms with Crippen LogP contribution >= 0.6 is 34.4 Å². The van der Waals surface area contributed by atoms with Gasteiger partial charge in [-0.3, -0.25) is 19.4 Å². The van der Waals surface area contributed by atoms with E-state index in [-0.39, 0.29) is 24.1 Å². The van der Waals surface area contributed by atoms with Gasteiger partial charge in [-0.2, -0.15) is 0 Å². The standard InChI is InChI=1S/C14H16IN5O6S/c1-25-18-10(19-3-7(16)26-5-19)11(21)17-8-12(22)20-9(14(23)24)6(2-15)4-27-13(8)20/h3,8,13H,2,4-5,16H2,1H3,(H,17,21)(H,23,24)/b18-10+/t8?,13-/m1/s1. The molecular formula is C14H16IN5O6S. The molecule has 3 aliphatic heterocycles. The van der Waals surface area contributed by atoms with Crippen molar-refractivity contribution in [3.8, 4) is 0 Å². The van der Waals surface area contributed by atoms with Crippen LogP contribution in [-0.2, 0) is 24.0 Å². The Morgan fingerprint density at radius 2 is 2.33 bits per heavy atom. The SMILES string of the molecule is CO/N=C(\C(=O)NC1C(=O)N2C(C(=O)O)=C(CI)CS[C@H]12)N1C=C(N)OC1. The molecule has 0 radical (unpaired) electrons. The van der Waals surface area contributed by atoms with E-state index in [1.165, 1.54) is 34.9 Å². The van der Waals surface area contributed by atoms with E-state index in [4.69, 9.17) is 10.5 Å². The molecule has 3 aliphatic rings. The molecule has 146 valence electrons. The average molecular weight is 509 g/mol. The Bertz CT molecular complexity index is 784. The maximum absolute atomic E-state index is 12.6. The highest BCUT2D eigenvalue weighted by atomic mass is 127. The molecule has 0 spiro atoms. The van der Waals surface area contributed by atoms with E-state index >= 15 is 0 Å². The molecule has 1 unspecified atom stereocenters. The number of carboxylic acid groups (broad SMARTS) is 1. The molecule has 1 saturated heterocycles. The van der Waals surface area contributed by atoms with Crippen molar-refractivity contribution < 1.29 is 29.1 Å². The Morgan fingerprint density at radius 3 is 2.89 bits per heavy atom. The third kappa shape index (κ3) is 3.52. The molecule has 1 fully saturated rings. The fraction of sp³-hybridized carbons (Fsp3) is 0.429. The average Bonchev–Trinajstić information content (AvgIpc) is 3.08. The normalized spacial score (nSPS) is 24.7. The van der Waals surface area contributed by atoms with Crippen LogP contribution in [0.3, 0.4) is 0 Å². The largest absolute Gasteiger partial charge is 0.477 e. The monoisotopic (exact) mass is 509 g/mol. The quantitative estimate of drug-likeness (QED) is 0.110. The number of β-lactam (4-membered cyclic amide) rings is 1. The minimum Gasteiger partial charge on any atom is -0.477 e. The molecule has 2 atom stereocenters. The number of carbonyl (C=O) groups excluding carboxylic acids is 2. The maximum atomic E-state index is 12.6. The van der Waals surface area contributed by atoms with Gasteiger partial charge in [0.25, 0.3) is 11.8 Å². The van der Waals surface area contributed by atoms with E-state index in [0.717, 1.165) is 0 Å². The van der Waals surface area contributed by atoms with Gasteiger partial charge >= 0.3 is 5.97 Å². The summed E-state index contributed by atoms with van der Waals surface area (Å²) in [6.45, 7) is -0.0186. The molecule has 3 heterocycles. The van der Waals surface area contributed by atoms with Crippen molar-refractivity contribution in [2.45, 2.75) is 11.4 Å². The molecule has 4 N–H and O–H groups in total. The van der Waals surface area contributed by atoms with Crippen LogP contribution in [-0.4, -0.2) is 74.0 Å². The zero-order valence-electron chi connectivity index (χ0n) is 14.0. The number of rotatable bonds is 4. The predicted molar refractivity (Wildman–Crippen MR) is 103 cm³/mol. The summed E-state index contributed by atoms with van der Waals surface area (Å²) < 4.78 is 5.56. The molecule has 3 rings (SSSR count). The van der Waals surface area contributed by atoms with Crippen LogP contribution in [0.1, 0.15) is 0 Å². The topological polar surface area (TPSA) is 147 Å². The molecular weight excluding hydrogens is 493 g/mol. The number of thioether (sulfide) groups is 1. The van der Waals surface area contributed by atoms with Gasteiger partial charge in [-0.1, -0.05) is 27.7 Å². The van der Waals surface area contributed by atoms with Gasteiger partial charge in [0.05, 0.1) is 6.20 Å². The number of hydrogen-bond acceptors (Lipinski definition) is 8. The van der Waals surface area contributed by atoms with Crippen molar-refractivity contribution >= 4 is 58.0 Å². The molecule has 0 saturated carbocycles. The summed E-state index contributed by atoms with van der Waals surface area (Å²) in [5.41, 5.74) is 6.20. The van der Waals surface area contributed by atoms with Crippen LogP contribution in [0, 0.1) is 0 Å². The summed E-state index contributed by atoms with van der Waals surface area (Å²) in [6, 6.07) is -0.862. The number of amidine groups is 1. The van der Waals surface area contributed by atoms with Gasteiger partial charge in [0, 0.05) is 10.2 Å². The highest BCUT2D eigenvalue weighted by Crippen LogP contribution is 2.40. The van der Waals surface area contributed by atoms with E-state index in [0.29, 0.717) is 15.8 Å². The second-order valence-corrected chi connectivity index (χ2v) is 7.49. The van der Waals surface area contributed by atoms with E-state index in [2.05, 4.69) is 37.9 Å². The third-order valence-corrected chi connectivity index (χ3v) is 6.26. The van der Waals surface area contributed by atoms with Gasteiger partial charge in [0.1, 0.15) is 24.2 Å². The first-order valence-corrected chi connectivity index (χ1v) is 10.2. The summed E-state index contributed by atoms with van der Waals surface area (Å²) in [7, 11) is 1.28. The highest BCUT2D eigenvalue weighted by Gasteiger charge is 2.54. The first-order valence-electron chi connectivity index (χ1n) is 7.63. The molecule has 27 heavy (non-hydrogen) atoms. The van der Waals surface area contributed by atoms with E-state index < -0.39 is 29.2 Å². The molecule has 13 heteroatoms. The first-order chi connectivity index (χ1) is 12.9. The van der Waals surface area contributed by atoms with Crippen LogP contribution in [0.15, 0.2) is 28.5 Å². The Hall–Kier alpha value is -2.16. The van der Waals surface area contributed by atoms with Crippen LogP contribution < -0.4 is 11.1 Å². The summed E-state index contributed by atoms with van der Waals surface area (Å²) in [4.78, 5) is 43.9. The summed E-state index contributed by atoms with van der Waals surface area (Å²) in [5, 5.41) is 15.2. The predicted octanol–water partition coefficient (Wildman–Crippen LogP) is -0.833. The third-order valence-electron chi connectivity index (χ3n) is 4.00. The van der Waals surface area contributed by atoms with Crippen LogP contribution in [0.25, 0.3) is 0 Å². The van der Waals surface area contributed by atoms with Crippen molar-refractivity contribution in [2.75, 3.05) is 24.0 Å². The number of halogens is 1. The van der Waals surface area contributed by atoms with Crippen molar-refractivity contribution in [3.05, 3.63) is 23.4 Å². The Kier molecular flexibility index (Phi) is 5.69.